The molecular weight excluding hydrogens is 262 g/mol. The van der Waals surface area contributed by atoms with Gasteiger partial charge < -0.3 is 9.47 Å². The van der Waals surface area contributed by atoms with Crippen LogP contribution in [0.3, 0.4) is 0 Å². The highest BCUT2D eigenvalue weighted by Crippen LogP contribution is 2.40. The summed E-state index contributed by atoms with van der Waals surface area (Å²) >= 11 is 1.92. The van der Waals surface area contributed by atoms with Crippen molar-refractivity contribution in [2.75, 3.05) is 26.1 Å². The zero-order valence-electron chi connectivity index (χ0n) is 11.9. The number of rotatable bonds is 8. The first kappa shape index (κ1) is 15.1. The first-order valence-electron chi connectivity index (χ1n) is 7.25. The Balaban J connectivity index is 1.89. The van der Waals surface area contributed by atoms with E-state index in [1.807, 2.05) is 18.7 Å². The van der Waals surface area contributed by atoms with Crippen LogP contribution in [0.25, 0.3) is 0 Å². The Labute approximate surface area is 120 Å². The average Bonchev–Trinajstić information content (AvgIpc) is 3.10. The smallest absolute Gasteiger partial charge is 0.326 e. The lowest BCUT2D eigenvalue weighted by Crippen LogP contribution is -2.52. The van der Waals surface area contributed by atoms with Crippen LogP contribution in [-0.2, 0) is 14.3 Å². The second-order valence-corrected chi connectivity index (χ2v) is 6.86. The number of hydrogen-bond acceptors (Lipinski definition) is 5. The van der Waals surface area contributed by atoms with E-state index >= 15 is 0 Å². The molecule has 5 heteroatoms. The lowest BCUT2D eigenvalue weighted by atomic mass is 9.97. The van der Waals surface area contributed by atoms with Gasteiger partial charge >= 0.3 is 5.97 Å². The van der Waals surface area contributed by atoms with Crippen molar-refractivity contribution in [1.29, 1.82) is 0 Å². The highest BCUT2D eigenvalue weighted by molar-refractivity contribution is 7.99. The molecule has 0 aromatic heterocycles. The molecule has 0 aromatic rings. The van der Waals surface area contributed by atoms with Crippen molar-refractivity contribution in [3.05, 3.63) is 0 Å². The molecule has 0 saturated heterocycles. The summed E-state index contributed by atoms with van der Waals surface area (Å²) in [6, 6.07) is 0.534. The van der Waals surface area contributed by atoms with Crippen LogP contribution < -0.4 is 5.32 Å². The molecule has 2 rings (SSSR count). The van der Waals surface area contributed by atoms with E-state index < -0.39 is 5.54 Å². The monoisotopic (exact) mass is 287 g/mol. The number of ether oxygens (including phenoxy) is 2. The third kappa shape index (κ3) is 4.10. The molecule has 0 aromatic carbocycles. The lowest BCUT2D eigenvalue weighted by Gasteiger charge is -2.28. The fourth-order valence-corrected chi connectivity index (χ4v) is 3.99. The van der Waals surface area contributed by atoms with Gasteiger partial charge in [-0.15, -0.1) is 0 Å². The summed E-state index contributed by atoms with van der Waals surface area (Å²) in [5, 5.41) is 4.10. The molecule has 0 aliphatic heterocycles. The molecule has 2 fully saturated rings. The van der Waals surface area contributed by atoms with Gasteiger partial charge in [0.15, 0.2) is 0 Å². The zero-order valence-corrected chi connectivity index (χ0v) is 12.8. The minimum absolute atomic E-state index is 0.0447. The Morgan fingerprint density at radius 2 is 2.21 bits per heavy atom. The minimum atomic E-state index is -0.415. The van der Waals surface area contributed by atoms with Crippen molar-refractivity contribution >= 4 is 17.7 Å². The van der Waals surface area contributed by atoms with Crippen LogP contribution in [0, 0.1) is 0 Å². The molecule has 2 unspecified atom stereocenters. The van der Waals surface area contributed by atoms with E-state index in [2.05, 4.69) is 5.32 Å². The van der Waals surface area contributed by atoms with Gasteiger partial charge in [-0.3, -0.25) is 10.1 Å². The van der Waals surface area contributed by atoms with Crippen LogP contribution in [0.2, 0.25) is 0 Å². The minimum Gasteiger partial charge on any atom is -0.465 e. The molecule has 110 valence electrons. The van der Waals surface area contributed by atoms with Crippen LogP contribution >= 0.6 is 11.8 Å². The summed E-state index contributed by atoms with van der Waals surface area (Å²) in [4.78, 5) is 12.3. The maximum Gasteiger partial charge on any atom is 0.326 e. The maximum absolute atomic E-state index is 12.3. The molecule has 4 nitrogen and oxygen atoms in total. The van der Waals surface area contributed by atoms with Crippen molar-refractivity contribution in [1.82, 2.24) is 5.32 Å². The Morgan fingerprint density at radius 3 is 2.84 bits per heavy atom. The number of thioether (sulfide) groups is 1. The predicted molar refractivity (Wildman–Crippen MR) is 77.5 cm³/mol. The van der Waals surface area contributed by atoms with Gasteiger partial charge in [0, 0.05) is 24.2 Å². The van der Waals surface area contributed by atoms with Gasteiger partial charge in [0.05, 0.1) is 13.2 Å². The molecule has 2 aliphatic rings. The van der Waals surface area contributed by atoms with Crippen LogP contribution in [0.15, 0.2) is 0 Å². The number of carbonyl (C=O) groups excluding carboxylic acids is 1. The summed E-state index contributed by atoms with van der Waals surface area (Å²) in [6.07, 6.45) is 5.29. The van der Waals surface area contributed by atoms with Crippen molar-refractivity contribution < 1.29 is 14.3 Å². The fourth-order valence-electron chi connectivity index (χ4n) is 2.70. The SMILES string of the molecule is CCOC(=O)C1(NC2CC2)CCC(SCCOC)C1. The van der Waals surface area contributed by atoms with Crippen LogP contribution in [0.1, 0.15) is 39.0 Å². The summed E-state index contributed by atoms with van der Waals surface area (Å²) in [7, 11) is 1.73. The van der Waals surface area contributed by atoms with E-state index in [1.165, 1.54) is 12.8 Å². The van der Waals surface area contributed by atoms with Crippen molar-refractivity contribution in [2.24, 2.45) is 0 Å². The fraction of sp³-hybridized carbons (Fsp3) is 0.929. The Kier molecular flexibility index (Phi) is 5.54. The van der Waals surface area contributed by atoms with E-state index in [0.29, 0.717) is 17.9 Å². The van der Waals surface area contributed by atoms with Gasteiger partial charge in [-0.1, -0.05) is 0 Å². The average molecular weight is 287 g/mol. The van der Waals surface area contributed by atoms with Crippen molar-refractivity contribution in [3.8, 4) is 0 Å². The molecule has 1 N–H and O–H groups in total. The van der Waals surface area contributed by atoms with Gasteiger partial charge in [-0.2, -0.15) is 11.8 Å². The van der Waals surface area contributed by atoms with E-state index in [-0.39, 0.29) is 5.97 Å². The van der Waals surface area contributed by atoms with Gasteiger partial charge in [0.2, 0.25) is 0 Å². The number of hydrogen-bond donors (Lipinski definition) is 1. The van der Waals surface area contributed by atoms with E-state index in [0.717, 1.165) is 31.6 Å². The summed E-state index contributed by atoms with van der Waals surface area (Å²) < 4.78 is 10.4. The molecule has 2 saturated carbocycles. The van der Waals surface area contributed by atoms with Crippen LogP contribution in [0.4, 0.5) is 0 Å². The van der Waals surface area contributed by atoms with E-state index in [4.69, 9.17) is 9.47 Å². The number of esters is 1. The topological polar surface area (TPSA) is 47.6 Å². The second-order valence-electron chi connectivity index (χ2n) is 5.45. The number of methoxy groups -OCH3 is 1. The molecule has 19 heavy (non-hydrogen) atoms. The number of carbonyl (C=O) groups is 1. The zero-order chi connectivity index (χ0) is 13.7. The van der Waals surface area contributed by atoms with Gasteiger partial charge in [0.1, 0.15) is 5.54 Å². The van der Waals surface area contributed by atoms with Gasteiger partial charge in [-0.25, -0.2) is 0 Å². The summed E-state index contributed by atoms with van der Waals surface area (Å²) in [5.41, 5.74) is -0.415. The van der Waals surface area contributed by atoms with Gasteiger partial charge in [-0.05, 0) is 39.0 Å². The molecule has 0 spiro atoms. The molecular formula is C14H25NO3S. The third-order valence-corrected chi connectivity index (χ3v) is 5.11. The predicted octanol–water partition coefficient (Wildman–Crippen LogP) is 1.97. The number of nitrogens with one attached hydrogen (secondary N) is 1. The summed E-state index contributed by atoms with van der Waals surface area (Å²) in [5.74, 6) is 0.959. The first-order chi connectivity index (χ1) is 9.20. The van der Waals surface area contributed by atoms with Crippen LogP contribution in [0.5, 0.6) is 0 Å². The molecule has 0 amide bonds. The first-order valence-corrected chi connectivity index (χ1v) is 8.30. The Hall–Kier alpha value is -0.260. The molecule has 0 radical (unpaired) electrons. The normalized spacial score (nSPS) is 30.5. The quantitative estimate of drug-likeness (QED) is 0.546. The molecule has 0 heterocycles. The van der Waals surface area contributed by atoms with Gasteiger partial charge in [0.25, 0.3) is 0 Å². The maximum atomic E-state index is 12.3. The summed E-state index contributed by atoms with van der Waals surface area (Å²) in [6.45, 7) is 3.13. The van der Waals surface area contributed by atoms with Crippen molar-refractivity contribution in [2.45, 2.75) is 55.9 Å². The second kappa shape index (κ2) is 6.95. The largest absolute Gasteiger partial charge is 0.465 e. The Bertz CT molecular complexity index is 309. The Morgan fingerprint density at radius 1 is 1.42 bits per heavy atom. The third-order valence-electron chi connectivity index (χ3n) is 3.83. The van der Waals surface area contributed by atoms with Crippen LogP contribution in [-0.4, -0.2) is 48.9 Å². The molecule has 0 bridgehead atoms. The molecule has 2 aliphatic carbocycles. The lowest BCUT2D eigenvalue weighted by molar-refractivity contribution is -0.151. The highest BCUT2D eigenvalue weighted by atomic mass is 32.2. The highest BCUT2D eigenvalue weighted by Gasteiger charge is 2.48. The molecule has 2 atom stereocenters. The van der Waals surface area contributed by atoms with E-state index in [1.54, 1.807) is 7.11 Å². The van der Waals surface area contributed by atoms with E-state index in [9.17, 15) is 4.79 Å². The van der Waals surface area contributed by atoms with Crippen molar-refractivity contribution in [3.63, 3.8) is 0 Å². The standard InChI is InChI=1S/C14H25NO3S/c1-3-18-13(16)14(15-11-4-5-11)7-6-12(10-14)19-9-8-17-2/h11-12,15H,3-10H2,1-2H3.